The van der Waals surface area contributed by atoms with Crippen LogP contribution in [0.1, 0.15) is 20.8 Å². The predicted octanol–water partition coefficient (Wildman–Crippen LogP) is 3.23. The first-order valence-electron chi connectivity index (χ1n) is 5.56. The van der Waals surface area contributed by atoms with Crippen molar-refractivity contribution in [3.63, 3.8) is 0 Å². The van der Waals surface area contributed by atoms with Crippen LogP contribution in [-0.4, -0.2) is 23.5 Å². The van der Waals surface area contributed by atoms with Crippen LogP contribution in [-0.2, 0) is 0 Å². The van der Waals surface area contributed by atoms with E-state index in [0.717, 1.165) is 5.69 Å². The van der Waals surface area contributed by atoms with E-state index in [9.17, 15) is 5.11 Å². The summed E-state index contributed by atoms with van der Waals surface area (Å²) in [4.78, 5) is 1.23. The molecule has 0 aliphatic carbocycles. The number of thioether (sulfide) groups is 1. The number of nitrogens with one attached hydrogen (secondary N) is 1. The van der Waals surface area contributed by atoms with E-state index in [-0.39, 0.29) is 5.92 Å². The van der Waals surface area contributed by atoms with Gasteiger partial charge in [0.05, 0.1) is 5.60 Å². The zero-order valence-electron chi connectivity index (χ0n) is 10.4. The molecule has 0 radical (unpaired) electrons. The fraction of sp³-hybridized carbons (Fsp3) is 0.538. The first-order valence-corrected chi connectivity index (χ1v) is 6.78. The first-order chi connectivity index (χ1) is 7.45. The maximum Gasteiger partial charge on any atom is 0.0813 e. The molecule has 1 rings (SSSR count). The third-order valence-electron chi connectivity index (χ3n) is 2.96. The number of benzene rings is 1. The molecule has 0 spiro atoms. The Morgan fingerprint density at radius 1 is 1.44 bits per heavy atom. The van der Waals surface area contributed by atoms with Gasteiger partial charge in [-0.3, -0.25) is 0 Å². The fourth-order valence-corrected chi connectivity index (χ4v) is 1.68. The summed E-state index contributed by atoms with van der Waals surface area (Å²) in [5.74, 6) is 0.240. The number of aliphatic hydroxyl groups is 1. The molecule has 0 heterocycles. The molecule has 0 aromatic heterocycles. The Morgan fingerprint density at radius 3 is 2.69 bits per heavy atom. The average molecular weight is 239 g/mol. The molecule has 1 unspecified atom stereocenters. The van der Waals surface area contributed by atoms with Gasteiger partial charge in [-0.05, 0) is 37.3 Å². The second-order valence-electron chi connectivity index (χ2n) is 4.60. The van der Waals surface area contributed by atoms with Gasteiger partial charge in [-0.1, -0.05) is 19.9 Å². The van der Waals surface area contributed by atoms with E-state index in [1.54, 1.807) is 11.8 Å². The Bertz CT molecular complexity index is 336. The Hall–Kier alpha value is -0.670. The van der Waals surface area contributed by atoms with Crippen LogP contribution in [0.2, 0.25) is 0 Å². The summed E-state index contributed by atoms with van der Waals surface area (Å²) in [5, 5.41) is 13.4. The monoisotopic (exact) mass is 239 g/mol. The molecule has 0 aliphatic rings. The van der Waals surface area contributed by atoms with Crippen LogP contribution in [0.25, 0.3) is 0 Å². The second kappa shape index (κ2) is 5.60. The largest absolute Gasteiger partial charge is 0.388 e. The molecule has 0 saturated heterocycles. The van der Waals surface area contributed by atoms with Crippen LogP contribution in [0.3, 0.4) is 0 Å². The van der Waals surface area contributed by atoms with Crippen molar-refractivity contribution < 1.29 is 5.11 Å². The first kappa shape index (κ1) is 13.4. The molecule has 0 fully saturated rings. The standard InChI is InChI=1S/C13H21NOS/c1-10(2)13(3,15)9-14-11-6-5-7-12(8-11)16-4/h5-8,10,14-15H,9H2,1-4H3. The molecule has 0 bridgehead atoms. The highest BCUT2D eigenvalue weighted by Gasteiger charge is 2.24. The summed E-state index contributed by atoms with van der Waals surface area (Å²) in [6, 6.07) is 8.23. The predicted molar refractivity (Wildman–Crippen MR) is 72.2 cm³/mol. The molecular weight excluding hydrogens is 218 g/mol. The average Bonchev–Trinajstić information content (AvgIpc) is 2.26. The molecular formula is C13H21NOS. The van der Waals surface area contributed by atoms with Crippen LogP contribution >= 0.6 is 11.8 Å². The molecule has 3 heteroatoms. The quantitative estimate of drug-likeness (QED) is 0.774. The Labute approximate surface area is 102 Å². The highest BCUT2D eigenvalue weighted by atomic mass is 32.2. The fourth-order valence-electron chi connectivity index (χ4n) is 1.22. The summed E-state index contributed by atoms with van der Waals surface area (Å²) in [6.45, 7) is 6.49. The molecule has 2 N–H and O–H groups in total. The van der Waals surface area contributed by atoms with Gasteiger partial charge < -0.3 is 10.4 Å². The molecule has 0 saturated carbocycles. The van der Waals surface area contributed by atoms with Gasteiger partial charge in [0, 0.05) is 17.1 Å². The minimum Gasteiger partial charge on any atom is -0.388 e. The van der Waals surface area contributed by atoms with Gasteiger partial charge in [-0.15, -0.1) is 11.8 Å². The lowest BCUT2D eigenvalue weighted by atomic mass is 9.92. The van der Waals surface area contributed by atoms with Gasteiger partial charge in [0.2, 0.25) is 0 Å². The Kier molecular flexibility index (Phi) is 4.69. The van der Waals surface area contributed by atoms with E-state index in [2.05, 4.69) is 23.7 Å². The van der Waals surface area contributed by atoms with Crippen LogP contribution in [0.15, 0.2) is 29.2 Å². The van der Waals surface area contributed by atoms with Crippen molar-refractivity contribution in [3.8, 4) is 0 Å². The number of anilines is 1. The summed E-state index contributed by atoms with van der Waals surface area (Å²) in [6.07, 6.45) is 2.06. The lowest BCUT2D eigenvalue weighted by molar-refractivity contribution is 0.0266. The third-order valence-corrected chi connectivity index (χ3v) is 3.69. The molecule has 16 heavy (non-hydrogen) atoms. The zero-order chi connectivity index (χ0) is 12.2. The van der Waals surface area contributed by atoms with E-state index in [4.69, 9.17) is 0 Å². The summed E-state index contributed by atoms with van der Waals surface area (Å²) >= 11 is 1.72. The lowest BCUT2D eigenvalue weighted by Gasteiger charge is -2.28. The second-order valence-corrected chi connectivity index (χ2v) is 5.48. The van der Waals surface area contributed by atoms with Crippen molar-refractivity contribution in [1.82, 2.24) is 0 Å². The maximum atomic E-state index is 10.1. The molecule has 1 aromatic carbocycles. The highest BCUT2D eigenvalue weighted by Crippen LogP contribution is 2.21. The molecule has 0 aliphatic heterocycles. The van der Waals surface area contributed by atoms with Crippen molar-refractivity contribution >= 4 is 17.4 Å². The lowest BCUT2D eigenvalue weighted by Crippen LogP contribution is -2.38. The van der Waals surface area contributed by atoms with Gasteiger partial charge in [-0.2, -0.15) is 0 Å². The minimum absolute atomic E-state index is 0.240. The van der Waals surface area contributed by atoms with E-state index >= 15 is 0 Å². The van der Waals surface area contributed by atoms with Crippen LogP contribution in [0.5, 0.6) is 0 Å². The molecule has 0 amide bonds. The Morgan fingerprint density at radius 2 is 2.12 bits per heavy atom. The normalized spacial score (nSPS) is 14.9. The van der Waals surface area contributed by atoms with Crippen molar-refractivity contribution in [2.75, 3.05) is 18.1 Å². The van der Waals surface area contributed by atoms with E-state index < -0.39 is 5.60 Å². The Balaban J connectivity index is 2.60. The molecule has 1 atom stereocenters. The van der Waals surface area contributed by atoms with E-state index in [1.807, 2.05) is 32.9 Å². The topological polar surface area (TPSA) is 32.3 Å². The van der Waals surface area contributed by atoms with Crippen molar-refractivity contribution in [2.24, 2.45) is 5.92 Å². The number of hydrogen-bond acceptors (Lipinski definition) is 3. The maximum absolute atomic E-state index is 10.1. The molecule has 2 nitrogen and oxygen atoms in total. The van der Waals surface area contributed by atoms with Crippen molar-refractivity contribution in [3.05, 3.63) is 24.3 Å². The third kappa shape index (κ3) is 3.72. The van der Waals surface area contributed by atoms with Crippen LogP contribution < -0.4 is 5.32 Å². The van der Waals surface area contributed by atoms with Gasteiger partial charge in [0.25, 0.3) is 0 Å². The van der Waals surface area contributed by atoms with E-state index in [1.165, 1.54) is 4.90 Å². The van der Waals surface area contributed by atoms with Gasteiger partial charge >= 0.3 is 0 Å². The zero-order valence-corrected chi connectivity index (χ0v) is 11.3. The van der Waals surface area contributed by atoms with Gasteiger partial charge in [-0.25, -0.2) is 0 Å². The molecule has 1 aromatic rings. The SMILES string of the molecule is CSc1cccc(NCC(C)(O)C(C)C)c1. The van der Waals surface area contributed by atoms with Crippen LogP contribution in [0.4, 0.5) is 5.69 Å². The smallest absolute Gasteiger partial charge is 0.0813 e. The van der Waals surface area contributed by atoms with Gasteiger partial charge in [0.1, 0.15) is 0 Å². The van der Waals surface area contributed by atoms with Crippen LogP contribution in [0, 0.1) is 5.92 Å². The van der Waals surface area contributed by atoms with Crippen molar-refractivity contribution in [1.29, 1.82) is 0 Å². The van der Waals surface area contributed by atoms with E-state index in [0.29, 0.717) is 6.54 Å². The summed E-state index contributed by atoms with van der Waals surface area (Å²) in [7, 11) is 0. The summed E-state index contributed by atoms with van der Waals surface area (Å²) < 4.78 is 0. The minimum atomic E-state index is -0.671. The van der Waals surface area contributed by atoms with Gasteiger partial charge in [0.15, 0.2) is 0 Å². The number of rotatable bonds is 5. The molecule has 90 valence electrons. The highest BCUT2D eigenvalue weighted by molar-refractivity contribution is 7.98. The summed E-state index contributed by atoms with van der Waals surface area (Å²) in [5.41, 5.74) is 0.391. The number of hydrogen-bond donors (Lipinski definition) is 2. The van der Waals surface area contributed by atoms with Crippen molar-refractivity contribution in [2.45, 2.75) is 31.3 Å².